The van der Waals surface area contributed by atoms with E-state index < -0.39 is 11.4 Å². The van der Waals surface area contributed by atoms with Crippen molar-refractivity contribution in [3.63, 3.8) is 0 Å². The van der Waals surface area contributed by atoms with Gasteiger partial charge in [-0.05, 0) is 26.0 Å². The average Bonchev–Trinajstić information content (AvgIpc) is 2.19. The van der Waals surface area contributed by atoms with Gasteiger partial charge in [0.05, 0.1) is 10.8 Å². The molecule has 1 atom stereocenters. The standard InChI is InChI=1S/C11H18O3S2/c1-5-11(8(4)12,9(13)14-6-2)10(15)16-7-3/h5-7H2,1-4H3. The van der Waals surface area contributed by atoms with Gasteiger partial charge in [-0.2, -0.15) is 0 Å². The Bertz CT molecular complexity index is 269. The van der Waals surface area contributed by atoms with Crippen molar-refractivity contribution in [1.29, 1.82) is 0 Å². The highest BCUT2D eigenvalue weighted by atomic mass is 32.2. The van der Waals surface area contributed by atoms with E-state index in [1.807, 2.05) is 6.92 Å². The highest BCUT2D eigenvalue weighted by Gasteiger charge is 2.47. The molecule has 3 nitrogen and oxygen atoms in total. The molecular weight excluding hydrogens is 244 g/mol. The van der Waals surface area contributed by atoms with Crippen molar-refractivity contribution in [2.45, 2.75) is 34.1 Å². The molecule has 0 bridgehead atoms. The Morgan fingerprint density at radius 2 is 1.88 bits per heavy atom. The molecule has 0 saturated heterocycles. The molecule has 16 heavy (non-hydrogen) atoms. The Kier molecular flexibility index (Phi) is 6.83. The molecule has 0 spiro atoms. The second-order valence-corrected chi connectivity index (χ2v) is 5.20. The number of ketones is 1. The third kappa shape index (κ3) is 3.04. The first kappa shape index (κ1) is 15.6. The van der Waals surface area contributed by atoms with Gasteiger partial charge in [0, 0.05) is 0 Å². The van der Waals surface area contributed by atoms with Crippen LogP contribution >= 0.6 is 24.0 Å². The normalized spacial score (nSPS) is 14.0. The third-order valence-corrected chi connectivity index (χ3v) is 3.98. The fourth-order valence-corrected chi connectivity index (χ4v) is 3.02. The fourth-order valence-electron chi connectivity index (χ4n) is 1.42. The van der Waals surface area contributed by atoms with E-state index >= 15 is 0 Å². The van der Waals surface area contributed by atoms with Crippen LogP contribution in [0.3, 0.4) is 0 Å². The maximum atomic E-state index is 11.9. The van der Waals surface area contributed by atoms with Gasteiger partial charge in [0.1, 0.15) is 0 Å². The average molecular weight is 262 g/mol. The lowest BCUT2D eigenvalue weighted by molar-refractivity contribution is -0.154. The summed E-state index contributed by atoms with van der Waals surface area (Å²) < 4.78 is 5.39. The van der Waals surface area contributed by atoms with Crippen LogP contribution < -0.4 is 0 Å². The van der Waals surface area contributed by atoms with Crippen LogP contribution in [0, 0.1) is 5.41 Å². The zero-order valence-electron chi connectivity index (χ0n) is 10.2. The smallest absolute Gasteiger partial charge is 0.325 e. The van der Waals surface area contributed by atoms with Crippen molar-refractivity contribution < 1.29 is 14.3 Å². The summed E-state index contributed by atoms with van der Waals surface area (Å²) in [7, 11) is 0. The maximum absolute atomic E-state index is 11.9. The highest BCUT2D eigenvalue weighted by Crippen LogP contribution is 2.33. The first-order valence-electron chi connectivity index (χ1n) is 5.32. The molecule has 0 aliphatic carbocycles. The van der Waals surface area contributed by atoms with Crippen LogP contribution in [0.25, 0.3) is 0 Å². The van der Waals surface area contributed by atoms with Gasteiger partial charge in [0.25, 0.3) is 0 Å². The van der Waals surface area contributed by atoms with Crippen molar-refractivity contribution in [3.8, 4) is 0 Å². The van der Waals surface area contributed by atoms with E-state index in [1.54, 1.807) is 13.8 Å². The van der Waals surface area contributed by atoms with E-state index in [9.17, 15) is 9.59 Å². The SMILES string of the molecule is CCOC(=O)C(CC)(C(C)=O)C(=S)SCC. The van der Waals surface area contributed by atoms with Gasteiger partial charge in [0.15, 0.2) is 11.2 Å². The molecule has 0 aliphatic rings. The summed E-state index contributed by atoms with van der Waals surface area (Å²) in [6, 6.07) is 0. The van der Waals surface area contributed by atoms with Crippen molar-refractivity contribution in [2.24, 2.45) is 5.41 Å². The van der Waals surface area contributed by atoms with E-state index in [-0.39, 0.29) is 12.4 Å². The molecule has 0 amide bonds. The van der Waals surface area contributed by atoms with Gasteiger partial charge in [0.2, 0.25) is 0 Å². The molecule has 0 rings (SSSR count). The minimum atomic E-state index is -1.24. The summed E-state index contributed by atoms with van der Waals surface area (Å²) in [5, 5.41) is 0. The molecule has 0 aromatic carbocycles. The number of thiocarbonyl (C=S) groups is 1. The van der Waals surface area contributed by atoms with Gasteiger partial charge in [-0.15, -0.1) is 11.8 Å². The van der Waals surface area contributed by atoms with Crippen molar-refractivity contribution in [3.05, 3.63) is 0 Å². The van der Waals surface area contributed by atoms with Crippen LogP contribution in [-0.2, 0) is 14.3 Å². The summed E-state index contributed by atoms with van der Waals surface area (Å²) >= 11 is 6.55. The Hall–Kier alpha value is -0.420. The van der Waals surface area contributed by atoms with Crippen LogP contribution in [0.2, 0.25) is 0 Å². The summed E-state index contributed by atoms with van der Waals surface area (Å²) in [6.45, 7) is 7.08. The Balaban J connectivity index is 5.23. The van der Waals surface area contributed by atoms with Gasteiger partial charge >= 0.3 is 5.97 Å². The number of ether oxygens (including phenoxy) is 1. The Morgan fingerprint density at radius 3 is 2.19 bits per heavy atom. The highest BCUT2D eigenvalue weighted by molar-refractivity contribution is 8.23. The van der Waals surface area contributed by atoms with Gasteiger partial charge < -0.3 is 4.74 Å². The number of rotatable bonds is 6. The lowest BCUT2D eigenvalue weighted by Gasteiger charge is -2.27. The number of hydrogen-bond donors (Lipinski definition) is 0. The summed E-state index contributed by atoms with van der Waals surface area (Å²) in [5.41, 5.74) is -1.24. The van der Waals surface area contributed by atoms with Crippen molar-refractivity contribution in [1.82, 2.24) is 0 Å². The lowest BCUT2D eigenvalue weighted by Crippen LogP contribution is -2.44. The van der Waals surface area contributed by atoms with Gasteiger partial charge in [-0.3, -0.25) is 9.59 Å². The number of carbonyl (C=O) groups excluding carboxylic acids is 2. The molecule has 0 aromatic rings. The van der Waals surface area contributed by atoms with Gasteiger partial charge in [-0.1, -0.05) is 26.1 Å². The molecule has 1 unspecified atom stereocenters. The predicted molar refractivity (Wildman–Crippen MR) is 70.8 cm³/mol. The van der Waals surface area contributed by atoms with E-state index in [0.717, 1.165) is 5.75 Å². The largest absolute Gasteiger partial charge is 0.465 e. The predicted octanol–water partition coefficient (Wildman–Crippen LogP) is 2.62. The topological polar surface area (TPSA) is 43.4 Å². The summed E-state index contributed by atoms with van der Waals surface area (Å²) in [4.78, 5) is 23.6. The monoisotopic (exact) mass is 262 g/mol. The molecule has 0 heterocycles. The molecule has 92 valence electrons. The minimum Gasteiger partial charge on any atom is -0.465 e. The molecule has 0 aliphatic heterocycles. The quantitative estimate of drug-likeness (QED) is 0.418. The second-order valence-electron chi connectivity index (χ2n) is 3.26. The fraction of sp³-hybridized carbons (Fsp3) is 0.727. The molecule has 0 radical (unpaired) electrons. The lowest BCUT2D eigenvalue weighted by atomic mass is 9.83. The van der Waals surface area contributed by atoms with Crippen molar-refractivity contribution >= 4 is 39.9 Å². The van der Waals surface area contributed by atoms with E-state index in [0.29, 0.717) is 10.6 Å². The Morgan fingerprint density at radius 1 is 1.31 bits per heavy atom. The van der Waals surface area contributed by atoms with Crippen LogP contribution in [0.1, 0.15) is 34.1 Å². The van der Waals surface area contributed by atoms with Crippen LogP contribution in [0.4, 0.5) is 0 Å². The maximum Gasteiger partial charge on any atom is 0.325 e. The number of Topliss-reactive ketones (excluding diaryl/α,β-unsaturated/α-hetero) is 1. The van der Waals surface area contributed by atoms with Crippen LogP contribution in [0.5, 0.6) is 0 Å². The number of carbonyl (C=O) groups is 2. The minimum absolute atomic E-state index is 0.237. The van der Waals surface area contributed by atoms with E-state index in [4.69, 9.17) is 17.0 Å². The third-order valence-electron chi connectivity index (χ3n) is 2.38. The van der Waals surface area contributed by atoms with Crippen LogP contribution in [-0.4, -0.2) is 28.3 Å². The molecule has 0 N–H and O–H groups in total. The first-order chi connectivity index (χ1) is 7.47. The Labute approximate surface area is 106 Å². The molecular formula is C11H18O3S2. The zero-order valence-corrected chi connectivity index (χ0v) is 11.8. The second kappa shape index (κ2) is 7.01. The zero-order chi connectivity index (χ0) is 12.8. The number of hydrogen-bond acceptors (Lipinski definition) is 5. The van der Waals surface area contributed by atoms with E-state index in [1.165, 1.54) is 18.7 Å². The molecule has 0 aromatic heterocycles. The van der Waals surface area contributed by atoms with Crippen LogP contribution in [0.15, 0.2) is 0 Å². The van der Waals surface area contributed by atoms with E-state index in [2.05, 4.69) is 0 Å². The summed E-state index contributed by atoms with van der Waals surface area (Å²) in [5.74, 6) is -0.0110. The number of thioether (sulfide) groups is 1. The first-order valence-corrected chi connectivity index (χ1v) is 6.72. The number of esters is 1. The van der Waals surface area contributed by atoms with Gasteiger partial charge in [-0.25, -0.2) is 0 Å². The summed E-state index contributed by atoms with van der Waals surface area (Å²) in [6.07, 6.45) is 0.354. The molecule has 0 saturated carbocycles. The molecule has 0 fully saturated rings. The van der Waals surface area contributed by atoms with Crippen molar-refractivity contribution in [2.75, 3.05) is 12.4 Å². The molecule has 5 heteroatoms.